The number of nitrogens with zero attached hydrogens (tertiary/aromatic N) is 1. The van der Waals surface area contributed by atoms with Crippen molar-refractivity contribution in [3.8, 4) is 16.9 Å². The molecule has 0 aliphatic rings. The summed E-state index contributed by atoms with van der Waals surface area (Å²) >= 11 is 17.7. The quantitative estimate of drug-likeness (QED) is 0.305. The fraction of sp³-hybridized carbons (Fsp3) is 0.353. The maximum absolute atomic E-state index is 14.5. The molecule has 160 valence electrons. The van der Waals surface area contributed by atoms with E-state index in [1.807, 2.05) is 0 Å². The number of carbonyl (C=O) groups excluding carboxylic acids is 1. The molecule has 0 fully saturated rings. The summed E-state index contributed by atoms with van der Waals surface area (Å²) in [4.78, 5) is 11.6. The summed E-state index contributed by atoms with van der Waals surface area (Å²) in [6, 6.07) is 1.82. The lowest BCUT2D eigenvalue weighted by atomic mass is 10.1. The van der Waals surface area contributed by atoms with Gasteiger partial charge in [0.1, 0.15) is 29.0 Å². The van der Waals surface area contributed by atoms with Crippen LogP contribution < -0.4 is 4.74 Å². The molecule has 2 aromatic rings. The third-order valence-electron chi connectivity index (χ3n) is 3.72. The van der Waals surface area contributed by atoms with Gasteiger partial charge >= 0.3 is 12.1 Å². The predicted octanol–water partition coefficient (Wildman–Crippen LogP) is 5.38. The average Bonchev–Trinajstić information content (AvgIpc) is 2.84. The molecule has 0 unspecified atom stereocenters. The van der Waals surface area contributed by atoms with E-state index in [-0.39, 0.29) is 35.1 Å². The summed E-state index contributed by atoms with van der Waals surface area (Å²) in [6.07, 6.45) is -4.82. The molecule has 0 bridgehead atoms. The van der Waals surface area contributed by atoms with E-state index in [1.165, 1.54) is 7.11 Å². The first-order valence-corrected chi connectivity index (χ1v) is 9.00. The molecule has 0 amide bonds. The normalized spacial score (nSPS) is 11.6. The molecule has 1 aromatic heterocycles. The Balaban J connectivity index is 2.39. The molecular weight excluding hydrogens is 465 g/mol. The van der Waals surface area contributed by atoms with Crippen LogP contribution in [0.3, 0.4) is 0 Å². The smallest absolute Gasteiger partial charge is 0.432 e. The van der Waals surface area contributed by atoms with Crippen molar-refractivity contribution in [1.29, 1.82) is 0 Å². The van der Waals surface area contributed by atoms with Crippen molar-refractivity contribution < 1.29 is 36.6 Å². The Hall–Kier alpha value is -1.68. The molecule has 29 heavy (non-hydrogen) atoms. The second-order valence-electron chi connectivity index (χ2n) is 5.65. The fourth-order valence-corrected chi connectivity index (χ4v) is 3.37. The van der Waals surface area contributed by atoms with Crippen LogP contribution >= 0.6 is 34.8 Å². The third-order valence-corrected chi connectivity index (χ3v) is 4.82. The van der Waals surface area contributed by atoms with Crippen molar-refractivity contribution in [2.24, 2.45) is 7.05 Å². The lowest BCUT2D eigenvalue weighted by Crippen LogP contribution is -2.17. The Kier molecular flexibility index (Phi) is 7.67. The van der Waals surface area contributed by atoms with Crippen molar-refractivity contribution in [3.05, 3.63) is 38.8 Å². The highest BCUT2D eigenvalue weighted by Crippen LogP contribution is 2.47. The number of carbonyl (C=O) groups is 1. The number of methoxy groups -OCH3 is 1. The predicted molar refractivity (Wildman–Crippen MR) is 99.2 cm³/mol. The highest BCUT2D eigenvalue weighted by Gasteiger charge is 2.40. The molecule has 0 N–H and O–H groups in total. The van der Waals surface area contributed by atoms with E-state index in [9.17, 15) is 22.4 Å². The number of benzene rings is 1. The van der Waals surface area contributed by atoms with Gasteiger partial charge in [0.25, 0.3) is 0 Å². The van der Waals surface area contributed by atoms with Crippen molar-refractivity contribution in [3.63, 3.8) is 0 Å². The molecule has 0 radical (unpaired) electrons. The van der Waals surface area contributed by atoms with E-state index in [1.54, 1.807) is 0 Å². The molecule has 0 aliphatic heterocycles. The van der Waals surface area contributed by atoms with Gasteiger partial charge in [-0.1, -0.05) is 34.8 Å². The Morgan fingerprint density at radius 3 is 2.38 bits per heavy atom. The molecule has 0 atom stereocenters. The van der Waals surface area contributed by atoms with E-state index in [0.29, 0.717) is 4.57 Å². The molecule has 1 aromatic carbocycles. The van der Waals surface area contributed by atoms with Crippen LogP contribution in [0, 0.1) is 5.82 Å². The molecular formula is C17H14Cl3F4NO4. The number of esters is 1. The van der Waals surface area contributed by atoms with Crippen LogP contribution in [0.25, 0.3) is 11.1 Å². The van der Waals surface area contributed by atoms with Crippen molar-refractivity contribution in [2.75, 3.05) is 26.9 Å². The van der Waals surface area contributed by atoms with Crippen molar-refractivity contribution in [1.82, 2.24) is 4.57 Å². The number of alkyl halides is 3. The van der Waals surface area contributed by atoms with E-state index in [4.69, 9.17) is 49.0 Å². The third kappa shape index (κ3) is 5.28. The summed E-state index contributed by atoms with van der Waals surface area (Å²) < 4.78 is 69.5. The number of rotatable bonds is 7. The lowest BCUT2D eigenvalue weighted by Gasteiger charge is -2.11. The topological polar surface area (TPSA) is 49.7 Å². The summed E-state index contributed by atoms with van der Waals surface area (Å²) in [5.41, 5.74) is -2.00. The molecule has 5 nitrogen and oxygen atoms in total. The first-order valence-electron chi connectivity index (χ1n) is 7.86. The average molecular weight is 479 g/mol. The highest BCUT2D eigenvalue weighted by atomic mass is 35.5. The molecule has 12 heteroatoms. The Morgan fingerprint density at radius 2 is 1.83 bits per heavy atom. The molecule has 0 saturated carbocycles. The minimum absolute atomic E-state index is 0.00343. The van der Waals surface area contributed by atoms with Gasteiger partial charge in [0.05, 0.1) is 16.7 Å². The van der Waals surface area contributed by atoms with Gasteiger partial charge in [-0.05, 0) is 12.1 Å². The number of hydrogen-bond acceptors (Lipinski definition) is 4. The van der Waals surface area contributed by atoms with Gasteiger partial charge in [-0.15, -0.1) is 0 Å². The van der Waals surface area contributed by atoms with Gasteiger partial charge in [-0.2, -0.15) is 13.2 Å². The van der Waals surface area contributed by atoms with E-state index >= 15 is 0 Å². The van der Waals surface area contributed by atoms with Crippen LogP contribution in [-0.4, -0.2) is 37.5 Å². The first-order chi connectivity index (χ1) is 13.5. The second-order valence-corrected chi connectivity index (χ2v) is 6.79. The summed E-state index contributed by atoms with van der Waals surface area (Å²) in [7, 11) is 2.47. The molecule has 0 spiro atoms. The maximum atomic E-state index is 14.5. The van der Waals surface area contributed by atoms with Crippen LogP contribution in [0.1, 0.15) is 5.69 Å². The minimum Gasteiger partial charge on any atom is -0.480 e. The zero-order valence-corrected chi connectivity index (χ0v) is 17.3. The molecule has 1 heterocycles. The number of hydrogen-bond donors (Lipinski definition) is 0. The highest BCUT2D eigenvalue weighted by molar-refractivity contribution is 6.40. The van der Waals surface area contributed by atoms with Crippen LogP contribution in [-0.2, 0) is 27.5 Å². The van der Waals surface area contributed by atoms with Crippen LogP contribution in [0.2, 0.25) is 15.2 Å². The van der Waals surface area contributed by atoms with E-state index in [0.717, 1.165) is 19.2 Å². The molecule has 2 rings (SSSR count). The van der Waals surface area contributed by atoms with E-state index in [2.05, 4.69) is 0 Å². The van der Waals surface area contributed by atoms with Gasteiger partial charge in [0, 0.05) is 25.3 Å². The summed E-state index contributed by atoms with van der Waals surface area (Å²) in [5, 5.41) is -1.43. The lowest BCUT2D eigenvalue weighted by molar-refractivity contribution is -0.147. The second kappa shape index (κ2) is 9.42. The summed E-state index contributed by atoms with van der Waals surface area (Å²) in [5.74, 6) is -1.90. The Bertz CT molecular complexity index is 915. The van der Waals surface area contributed by atoms with Gasteiger partial charge in [-0.25, -0.2) is 9.18 Å². The SMILES string of the molecule is COCCOC(=O)COc1cc(-c2c(Cl)c(C(F)(F)F)n(C)c2Cl)c(F)cc1Cl. The summed E-state index contributed by atoms with van der Waals surface area (Å²) in [6.45, 7) is -0.394. The standard InChI is InChI=1S/C17H14Cl3F4NO4/c1-25-15(17(22,23)24)14(19)13(16(25)20)8-5-11(9(18)6-10(8)21)29-7-12(26)28-4-3-27-2/h5-6H,3-4,7H2,1-2H3. The number of ether oxygens (including phenoxy) is 3. The van der Waals surface area contributed by atoms with Gasteiger partial charge < -0.3 is 18.8 Å². The Labute approximate surface area is 178 Å². The fourth-order valence-electron chi connectivity index (χ4n) is 2.41. The minimum atomic E-state index is -4.82. The Morgan fingerprint density at radius 1 is 1.17 bits per heavy atom. The number of aromatic nitrogens is 1. The van der Waals surface area contributed by atoms with Gasteiger partial charge in [-0.3, -0.25) is 0 Å². The molecule has 0 aliphatic carbocycles. The van der Waals surface area contributed by atoms with Crippen molar-refractivity contribution in [2.45, 2.75) is 6.18 Å². The van der Waals surface area contributed by atoms with Crippen LogP contribution in [0.15, 0.2) is 12.1 Å². The molecule has 0 saturated heterocycles. The number of halogens is 7. The van der Waals surface area contributed by atoms with E-state index < -0.39 is 40.4 Å². The van der Waals surface area contributed by atoms with Crippen molar-refractivity contribution >= 4 is 40.8 Å². The largest absolute Gasteiger partial charge is 0.480 e. The zero-order chi connectivity index (χ0) is 21.9. The zero-order valence-electron chi connectivity index (χ0n) is 15.0. The van der Waals surface area contributed by atoms with Gasteiger partial charge in [0.15, 0.2) is 6.61 Å². The van der Waals surface area contributed by atoms with Crippen LogP contribution in [0.5, 0.6) is 5.75 Å². The van der Waals surface area contributed by atoms with Gasteiger partial charge in [0.2, 0.25) is 0 Å². The monoisotopic (exact) mass is 477 g/mol. The maximum Gasteiger partial charge on any atom is 0.432 e. The van der Waals surface area contributed by atoms with Crippen LogP contribution in [0.4, 0.5) is 17.6 Å². The first kappa shape index (κ1) is 23.6.